The van der Waals surface area contributed by atoms with Gasteiger partial charge in [-0.2, -0.15) is 0 Å². The highest BCUT2D eigenvalue weighted by Gasteiger charge is 2.05. The third kappa shape index (κ3) is 4.08. The Bertz CT molecular complexity index is 619. The first kappa shape index (κ1) is 14.6. The molecule has 0 aliphatic rings. The van der Waals surface area contributed by atoms with Crippen LogP contribution < -0.4 is 10.6 Å². The molecule has 0 heterocycles. The second kappa shape index (κ2) is 6.57. The smallest absolute Gasteiger partial charge is 0.175 e. The zero-order valence-electron chi connectivity index (χ0n) is 9.58. The van der Waals surface area contributed by atoms with Crippen LogP contribution in [0.25, 0.3) is 0 Å². The van der Waals surface area contributed by atoms with Gasteiger partial charge in [-0.05, 0) is 42.5 Å². The molecule has 19 heavy (non-hydrogen) atoms. The number of hydrogen-bond donors (Lipinski definition) is 2. The predicted molar refractivity (Wildman–Crippen MR) is 90.4 cm³/mol. The number of hydrogen-bond acceptors (Lipinski definition) is 1. The molecule has 0 saturated heterocycles. The second-order valence-electron chi connectivity index (χ2n) is 3.68. The molecule has 0 aliphatic carbocycles. The predicted octanol–water partition coefficient (Wildman–Crippen LogP) is 5.56. The summed E-state index contributed by atoms with van der Waals surface area (Å²) in [6, 6.07) is 12.9. The summed E-state index contributed by atoms with van der Waals surface area (Å²) in [5.41, 5.74) is 1.48. The molecule has 0 saturated carbocycles. The van der Waals surface area contributed by atoms with Gasteiger partial charge in [-0.25, -0.2) is 0 Å². The lowest BCUT2D eigenvalue weighted by Crippen LogP contribution is -2.19. The van der Waals surface area contributed by atoms with Crippen molar-refractivity contribution in [3.8, 4) is 0 Å². The third-order valence-electron chi connectivity index (χ3n) is 2.30. The van der Waals surface area contributed by atoms with Crippen molar-refractivity contribution in [3.63, 3.8) is 0 Å². The monoisotopic (exact) mass is 374 g/mol. The maximum absolute atomic E-state index is 6.10. The van der Waals surface area contributed by atoms with E-state index in [2.05, 4.69) is 26.6 Å². The van der Waals surface area contributed by atoms with E-state index in [9.17, 15) is 0 Å². The van der Waals surface area contributed by atoms with Crippen molar-refractivity contribution in [2.45, 2.75) is 0 Å². The van der Waals surface area contributed by atoms with E-state index in [-0.39, 0.29) is 0 Å². The SMILES string of the molecule is S=C(Nc1ccccc1Cl)Nc1ccc(Br)cc1Cl. The Morgan fingerprint density at radius 2 is 1.58 bits per heavy atom. The maximum Gasteiger partial charge on any atom is 0.175 e. The largest absolute Gasteiger partial charge is 0.331 e. The Hall–Kier alpha value is -0.810. The first-order chi connectivity index (χ1) is 9.06. The summed E-state index contributed by atoms with van der Waals surface area (Å²) < 4.78 is 0.910. The van der Waals surface area contributed by atoms with Crippen LogP contribution in [0.15, 0.2) is 46.9 Å². The quantitative estimate of drug-likeness (QED) is 0.671. The van der Waals surface area contributed by atoms with Crippen molar-refractivity contribution in [3.05, 3.63) is 57.0 Å². The van der Waals surface area contributed by atoms with Crippen molar-refractivity contribution >= 4 is 67.8 Å². The molecule has 2 N–H and O–H groups in total. The molecule has 6 heteroatoms. The molecule has 0 unspecified atom stereocenters. The normalized spacial score (nSPS) is 10.1. The number of rotatable bonds is 2. The minimum absolute atomic E-state index is 0.428. The van der Waals surface area contributed by atoms with Crippen LogP contribution in [0.4, 0.5) is 11.4 Å². The molecule has 0 amide bonds. The average Bonchev–Trinajstić information content (AvgIpc) is 2.36. The van der Waals surface area contributed by atoms with E-state index < -0.39 is 0 Å². The van der Waals surface area contributed by atoms with Crippen LogP contribution in [0.5, 0.6) is 0 Å². The molecule has 2 rings (SSSR count). The molecule has 0 fully saturated rings. The van der Waals surface area contributed by atoms with Gasteiger partial charge in [0.2, 0.25) is 0 Å². The molecule has 0 atom stereocenters. The fraction of sp³-hybridized carbons (Fsp3) is 0. The van der Waals surface area contributed by atoms with Crippen LogP contribution in [-0.4, -0.2) is 5.11 Å². The highest BCUT2D eigenvalue weighted by Crippen LogP contribution is 2.26. The fourth-order valence-corrected chi connectivity index (χ4v) is 2.55. The van der Waals surface area contributed by atoms with Crippen molar-refractivity contribution in [2.75, 3.05) is 10.6 Å². The van der Waals surface area contributed by atoms with E-state index in [4.69, 9.17) is 35.4 Å². The highest BCUT2D eigenvalue weighted by molar-refractivity contribution is 9.10. The van der Waals surface area contributed by atoms with Gasteiger partial charge in [0, 0.05) is 4.47 Å². The van der Waals surface area contributed by atoms with Gasteiger partial charge in [0.1, 0.15) is 0 Å². The van der Waals surface area contributed by atoms with Gasteiger partial charge in [0.05, 0.1) is 21.4 Å². The average molecular weight is 376 g/mol. The molecule has 0 radical (unpaired) electrons. The number of halogens is 3. The third-order valence-corrected chi connectivity index (χ3v) is 3.64. The van der Waals surface area contributed by atoms with E-state index in [1.54, 1.807) is 12.1 Å². The number of benzene rings is 2. The maximum atomic E-state index is 6.10. The molecule has 2 aromatic rings. The first-order valence-electron chi connectivity index (χ1n) is 5.34. The molecule has 0 aromatic heterocycles. The van der Waals surface area contributed by atoms with Crippen LogP contribution in [0.2, 0.25) is 10.0 Å². The molecular weight excluding hydrogens is 367 g/mol. The number of para-hydroxylation sites is 1. The summed E-state index contributed by atoms with van der Waals surface area (Å²) in [7, 11) is 0. The van der Waals surface area contributed by atoms with Crippen LogP contribution in [0.1, 0.15) is 0 Å². The van der Waals surface area contributed by atoms with Crippen LogP contribution in [0, 0.1) is 0 Å². The van der Waals surface area contributed by atoms with Crippen molar-refractivity contribution in [1.29, 1.82) is 0 Å². The summed E-state index contributed by atoms with van der Waals surface area (Å²) in [5.74, 6) is 0. The zero-order chi connectivity index (χ0) is 13.8. The van der Waals surface area contributed by atoms with Crippen LogP contribution in [0.3, 0.4) is 0 Å². The second-order valence-corrected chi connectivity index (χ2v) is 5.82. The molecule has 2 nitrogen and oxygen atoms in total. The van der Waals surface area contributed by atoms with Crippen molar-refractivity contribution < 1.29 is 0 Å². The van der Waals surface area contributed by atoms with Gasteiger partial charge < -0.3 is 10.6 Å². The minimum atomic E-state index is 0.428. The summed E-state index contributed by atoms with van der Waals surface area (Å²) in [6.45, 7) is 0. The Morgan fingerprint density at radius 1 is 0.947 bits per heavy atom. The van der Waals surface area contributed by atoms with E-state index >= 15 is 0 Å². The standard InChI is InChI=1S/C13H9BrCl2N2S/c14-8-5-6-12(10(16)7-8)18-13(19)17-11-4-2-1-3-9(11)15/h1-7H,(H2,17,18,19). The number of anilines is 2. The summed E-state index contributed by atoms with van der Waals surface area (Å²) in [6.07, 6.45) is 0. The first-order valence-corrected chi connectivity index (χ1v) is 7.29. The van der Waals surface area contributed by atoms with Gasteiger partial charge in [-0.1, -0.05) is 51.3 Å². The summed E-state index contributed by atoms with van der Waals surface area (Å²) in [5, 5.41) is 7.65. The summed E-state index contributed by atoms with van der Waals surface area (Å²) >= 11 is 20.7. The Kier molecular flexibility index (Phi) is 5.05. The molecule has 0 bridgehead atoms. The molecule has 98 valence electrons. The molecule has 0 aliphatic heterocycles. The summed E-state index contributed by atoms with van der Waals surface area (Å²) in [4.78, 5) is 0. The Balaban J connectivity index is 2.08. The van der Waals surface area contributed by atoms with Gasteiger partial charge in [0.25, 0.3) is 0 Å². The molecular formula is C13H9BrCl2N2S. The lowest BCUT2D eigenvalue weighted by molar-refractivity contribution is 1.58. The number of thiocarbonyl (C=S) groups is 1. The Morgan fingerprint density at radius 3 is 2.21 bits per heavy atom. The van der Waals surface area contributed by atoms with Crippen molar-refractivity contribution in [2.24, 2.45) is 0 Å². The Labute approximate surface area is 135 Å². The molecule has 2 aromatic carbocycles. The van der Waals surface area contributed by atoms with Crippen molar-refractivity contribution in [1.82, 2.24) is 0 Å². The van der Waals surface area contributed by atoms with Gasteiger partial charge >= 0.3 is 0 Å². The lowest BCUT2D eigenvalue weighted by atomic mass is 10.3. The van der Waals surface area contributed by atoms with Crippen LogP contribution in [-0.2, 0) is 0 Å². The fourth-order valence-electron chi connectivity index (χ4n) is 1.43. The van der Waals surface area contributed by atoms with E-state index in [1.165, 1.54) is 0 Å². The van der Waals surface area contributed by atoms with E-state index in [0.29, 0.717) is 15.2 Å². The zero-order valence-corrected chi connectivity index (χ0v) is 13.5. The van der Waals surface area contributed by atoms with E-state index in [0.717, 1.165) is 15.8 Å². The van der Waals surface area contributed by atoms with Gasteiger partial charge in [-0.15, -0.1) is 0 Å². The van der Waals surface area contributed by atoms with Gasteiger partial charge in [-0.3, -0.25) is 0 Å². The minimum Gasteiger partial charge on any atom is -0.331 e. The highest BCUT2D eigenvalue weighted by atomic mass is 79.9. The van der Waals surface area contributed by atoms with Gasteiger partial charge in [0.15, 0.2) is 5.11 Å². The lowest BCUT2D eigenvalue weighted by Gasteiger charge is -2.12. The molecule has 0 spiro atoms. The van der Waals surface area contributed by atoms with E-state index in [1.807, 2.05) is 30.3 Å². The topological polar surface area (TPSA) is 24.1 Å². The number of nitrogens with one attached hydrogen (secondary N) is 2. The van der Waals surface area contributed by atoms with Crippen LogP contribution >= 0.6 is 51.3 Å².